The minimum absolute atomic E-state index is 0.133. The number of hydrogen-bond acceptors (Lipinski definition) is 6. The molecule has 0 fully saturated rings. The molecular weight excluding hydrogens is 462 g/mol. The number of benzene rings is 2. The van der Waals surface area contributed by atoms with Gasteiger partial charge in [-0.3, -0.25) is 4.79 Å². The molecule has 1 heterocycles. The molecule has 0 saturated carbocycles. The molecule has 2 N–H and O–H groups in total. The molecule has 3 rings (SSSR count). The van der Waals surface area contributed by atoms with Gasteiger partial charge in [0.1, 0.15) is 17.5 Å². The molecule has 1 aromatic heterocycles. The van der Waals surface area contributed by atoms with Crippen molar-refractivity contribution in [1.29, 1.82) is 0 Å². The lowest BCUT2D eigenvalue weighted by atomic mass is 10.1. The van der Waals surface area contributed by atoms with Gasteiger partial charge in [0, 0.05) is 56.9 Å². The van der Waals surface area contributed by atoms with Crippen LogP contribution < -0.4 is 15.1 Å². The van der Waals surface area contributed by atoms with Crippen molar-refractivity contribution in [2.75, 3.05) is 43.3 Å². The molecular formula is C27H32ClN5O2. The van der Waals surface area contributed by atoms with E-state index in [1.54, 1.807) is 0 Å². The summed E-state index contributed by atoms with van der Waals surface area (Å²) >= 11 is 5.94. The van der Waals surface area contributed by atoms with Crippen molar-refractivity contribution in [2.24, 2.45) is 0 Å². The highest BCUT2D eigenvalue weighted by atomic mass is 35.5. The van der Waals surface area contributed by atoms with E-state index in [0.29, 0.717) is 29.4 Å². The zero-order valence-electron chi connectivity index (χ0n) is 20.8. The smallest absolute Gasteiger partial charge is 0.308 e. The highest BCUT2D eigenvalue weighted by Crippen LogP contribution is 2.27. The SMILES string of the molecule is CC(/C=C/c1ccc(Cl)cc1)Nc1ccc(Cc2nc(N(C)C)c(CC(=O)O)c(N(C)C)n2)cc1. The lowest BCUT2D eigenvalue weighted by Gasteiger charge is -2.22. The molecule has 8 heteroatoms. The number of anilines is 3. The Labute approximate surface area is 212 Å². The Balaban J connectivity index is 1.73. The van der Waals surface area contributed by atoms with Crippen molar-refractivity contribution in [1.82, 2.24) is 9.97 Å². The molecule has 0 aliphatic heterocycles. The minimum atomic E-state index is -0.909. The zero-order chi connectivity index (χ0) is 25.5. The topological polar surface area (TPSA) is 81.6 Å². The van der Waals surface area contributed by atoms with E-state index in [9.17, 15) is 9.90 Å². The summed E-state index contributed by atoms with van der Waals surface area (Å²) in [7, 11) is 7.44. The van der Waals surface area contributed by atoms with Crippen LogP contribution in [-0.2, 0) is 17.6 Å². The van der Waals surface area contributed by atoms with E-state index in [4.69, 9.17) is 11.6 Å². The fraction of sp³-hybridized carbons (Fsp3) is 0.296. The van der Waals surface area contributed by atoms with Crippen molar-refractivity contribution in [3.8, 4) is 0 Å². The quantitative estimate of drug-likeness (QED) is 0.411. The number of aromatic nitrogens is 2. The van der Waals surface area contributed by atoms with Gasteiger partial charge in [0.25, 0.3) is 0 Å². The van der Waals surface area contributed by atoms with Crippen LogP contribution in [0.3, 0.4) is 0 Å². The van der Waals surface area contributed by atoms with Gasteiger partial charge in [0.15, 0.2) is 0 Å². The van der Waals surface area contributed by atoms with Crippen LogP contribution in [0, 0.1) is 0 Å². The Kier molecular flexibility index (Phi) is 8.71. The second kappa shape index (κ2) is 11.7. The summed E-state index contributed by atoms with van der Waals surface area (Å²) in [5.41, 5.74) is 3.79. The molecule has 3 aromatic rings. The summed E-state index contributed by atoms with van der Waals surface area (Å²) in [5.74, 6) is 0.987. The van der Waals surface area contributed by atoms with Gasteiger partial charge in [0.05, 0.1) is 6.42 Å². The van der Waals surface area contributed by atoms with Gasteiger partial charge in [-0.25, -0.2) is 9.97 Å². The van der Waals surface area contributed by atoms with Crippen LogP contribution >= 0.6 is 11.6 Å². The number of carbonyl (C=O) groups is 1. The molecule has 0 aliphatic carbocycles. The summed E-state index contributed by atoms with van der Waals surface area (Å²) in [6, 6.07) is 16.1. The molecule has 0 saturated heterocycles. The first-order chi connectivity index (χ1) is 16.6. The Bertz CT molecular complexity index is 1150. The lowest BCUT2D eigenvalue weighted by molar-refractivity contribution is -0.136. The van der Waals surface area contributed by atoms with Crippen molar-refractivity contribution < 1.29 is 9.90 Å². The number of rotatable bonds is 10. The Morgan fingerprint density at radius 2 is 1.57 bits per heavy atom. The standard InChI is InChI=1S/C27H32ClN5O2/c1-18(6-7-19-8-12-21(28)13-9-19)29-22-14-10-20(11-15-22)16-24-30-26(32(2)3)23(17-25(34)35)27(31-24)33(4)5/h6-15,18,29H,16-17H2,1-5H3,(H,34,35)/b7-6+. The van der Waals surface area contributed by atoms with Crippen molar-refractivity contribution >= 4 is 41.0 Å². The van der Waals surface area contributed by atoms with Gasteiger partial charge >= 0.3 is 5.97 Å². The lowest BCUT2D eigenvalue weighted by Crippen LogP contribution is -2.22. The van der Waals surface area contributed by atoms with Crippen molar-refractivity contribution in [3.05, 3.63) is 82.1 Å². The summed E-state index contributed by atoms with van der Waals surface area (Å²) in [6.45, 7) is 2.10. The van der Waals surface area contributed by atoms with Gasteiger partial charge in [0.2, 0.25) is 0 Å². The number of carboxylic acids is 1. The molecule has 35 heavy (non-hydrogen) atoms. The van der Waals surface area contributed by atoms with Crippen LogP contribution in [0.25, 0.3) is 6.08 Å². The molecule has 0 bridgehead atoms. The first-order valence-electron chi connectivity index (χ1n) is 11.4. The zero-order valence-corrected chi connectivity index (χ0v) is 21.5. The highest BCUT2D eigenvalue weighted by Gasteiger charge is 2.20. The molecule has 0 radical (unpaired) electrons. The number of halogens is 1. The maximum atomic E-state index is 11.4. The van der Waals surface area contributed by atoms with E-state index in [1.807, 2.05) is 74.4 Å². The normalized spacial score (nSPS) is 11.9. The van der Waals surface area contributed by atoms with Crippen LogP contribution in [0.15, 0.2) is 54.6 Å². The molecule has 184 valence electrons. The Morgan fingerprint density at radius 1 is 1.00 bits per heavy atom. The molecule has 7 nitrogen and oxygen atoms in total. The maximum absolute atomic E-state index is 11.4. The molecule has 0 aliphatic rings. The van der Waals surface area contributed by atoms with E-state index in [2.05, 4.69) is 46.5 Å². The van der Waals surface area contributed by atoms with Gasteiger partial charge in [-0.05, 0) is 42.3 Å². The van der Waals surface area contributed by atoms with Crippen LogP contribution in [0.4, 0.5) is 17.3 Å². The number of nitrogens with one attached hydrogen (secondary N) is 1. The molecule has 0 amide bonds. The van der Waals surface area contributed by atoms with E-state index in [0.717, 1.165) is 21.8 Å². The van der Waals surface area contributed by atoms with Crippen LogP contribution in [0.2, 0.25) is 5.02 Å². The summed E-state index contributed by atoms with van der Waals surface area (Å²) in [5, 5.41) is 13.6. The maximum Gasteiger partial charge on any atom is 0.308 e. The second-order valence-corrected chi connectivity index (χ2v) is 9.28. The number of aliphatic carboxylic acids is 1. The first kappa shape index (κ1) is 26.0. The summed E-state index contributed by atoms with van der Waals surface area (Å²) in [6.07, 6.45) is 4.58. The number of nitrogens with zero attached hydrogens (tertiary/aromatic N) is 4. The summed E-state index contributed by atoms with van der Waals surface area (Å²) < 4.78 is 0. The van der Waals surface area contributed by atoms with Crippen LogP contribution in [0.1, 0.15) is 29.4 Å². The van der Waals surface area contributed by atoms with Gasteiger partial charge in [-0.1, -0.05) is 48.0 Å². The molecule has 1 unspecified atom stereocenters. The van der Waals surface area contributed by atoms with Gasteiger partial charge < -0.3 is 20.2 Å². The number of hydrogen-bond donors (Lipinski definition) is 2. The Hall–Kier alpha value is -3.58. The summed E-state index contributed by atoms with van der Waals surface area (Å²) in [4.78, 5) is 24.5. The third kappa shape index (κ3) is 7.45. The first-order valence-corrected chi connectivity index (χ1v) is 11.8. The van der Waals surface area contributed by atoms with E-state index >= 15 is 0 Å². The van der Waals surface area contributed by atoms with Crippen LogP contribution in [-0.4, -0.2) is 55.3 Å². The van der Waals surface area contributed by atoms with E-state index in [-0.39, 0.29) is 12.5 Å². The fourth-order valence-corrected chi connectivity index (χ4v) is 3.80. The molecule has 0 spiro atoms. The third-order valence-electron chi connectivity index (χ3n) is 5.34. The van der Waals surface area contributed by atoms with E-state index < -0.39 is 5.97 Å². The van der Waals surface area contributed by atoms with E-state index in [1.165, 1.54) is 0 Å². The Morgan fingerprint density at radius 3 is 2.09 bits per heavy atom. The van der Waals surface area contributed by atoms with Crippen molar-refractivity contribution in [2.45, 2.75) is 25.8 Å². The van der Waals surface area contributed by atoms with Gasteiger partial charge in [-0.15, -0.1) is 0 Å². The highest BCUT2D eigenvalue weighted by molar-refractivity contribution is 6.30. The van der Waals surface area contributed by atoms with Crippen LogP contribution in [0.5, 0.6) is 0 Å². The number of carboxylic acid groups (broad SMARTS) is 1. The van der Waals surface area contributed by atoms with Crippen molar-refractivity contribution in [3.63, 3.8) is 0 Å². The predicted molar refractivity (Wildman–Crippen MR) is 145 cm³/mol. The molecule has 1 atom stereocenters. The second-order valence-electron chi connectivity index (χ2n) is 8.84. The third-order valence-corrected chi connectivity index (χ3v) is 5.59. The average molecular weight is 494 g/mol. The largest absolute Gasteiger partial charge is 0.481 e. The van der Waals surface area contributed by atoms with Gasteiger partial charge in [-0.2, -0.15) is 0 Å². The molecule has 2 aromatic carbocycles. The average Bonchev–Trinajstić information content (AvgIpc) is 2.80. The monoisotopic (exact) mass is 493 g/mol. The predicted octanol–water partition coefficient (Wildman–Crippen LogP) is 4.99. The minimum Gasteiger partial charge on any atom is -0.481 e. The fourth-order valence-electron chi connectivity index (χ4n) is 3.67.